The summed E-state index contributed by atoms with van der Waals surface area (Å²) in [7, 11) is 0. The van der Waals surface area contributed by atoms with E-state index < -0.39 is 0 Å². The largest absolute Gasteiger partial charge is 0.488 e. The Labute approximate surface area is 173 Å². The molecule has 2 nitrogen and oxygen atoms in total. The molecule has 0 aliphatic heterocycles. The minimum atomic E-state index is -0.214. The standard InChI is InChI=1S/C26H30FNO/c27-22-15-12-20(13-16-22)19-29-26-17-14-21-8-6-7-11-24(21)25(26)18-28-23-9-4-2-1-3-5-10-23/h6-8,11-17,23,28H,1-5,9-10,18-19H2/p+1. The van der Waals surface area contributed by atoms with Crippen molar-refractivity contribution in [3.05, 3.63) is 77.6 Å². The summed E-state index contributed by atoms with van der Waals surface area (Å²) >= 11 is 0. The van der Waals surface area contributed by atoms with Crippen LogP contribution in [0.2, 0.25) is 0 Å². The van der Waals surface area contributed by atoms with Gasteiger partial charge in [-0.15, -0.1) is 0 Å². The first-order valence-electron chi connectivity index (χ1n) is 11.0. The van der Waals surface area contributed by atoms with Crippen LogP contribution in [0.3, 0.4) is 0 Å². The van der Waals surface area contributed by atoms with Gasteiger partial charge in [0.15, 0.2) is 0 Å². The summed E-state index contributed by atoms with van der Waals surface area (Å²) in [5.74, 6) is 0.726. The Morgan fingerprint density at radius 3 is 2.34 bits per heavy atom. The fourth-order valence-corrected chi connectivity index (χ4v) is 4.41. The van der Waals surface area contributed by atoms with Gasteiger partial charge in [0.1, 0.15) is 24.7 Å². The number of fused-ring (bicyclic) bond motifs is 1. The van der Waals surface area contributed by atoms with Crippen LogP contribution < -0.4 is 10.1 Å². The molecule has 3 heteroatoms. The molecule has 0 atom stereocenters. The van der Waals surface area contributed by atoms with Gasteiger partial charge < -0.3 is 10.1 Å². The molecule has 0 amide bonds. The number of hydrogen-bond donors (Lipinski definition) is 1. The Hall–Kier alpha value is -2.39. The van der Waals surface area contributed by atoms with Gasteiger partial charge in [-0.05, 0) is 60.2 Å². The first-order chi connectivity index (χ1) is 14.3. The van der Waals surface area contributed by atoms with Crippen molar-refractivity contribution >= 4 is 10.8 Å². The van der Waals surface area contributed by atoms with E-state index in [0.717, 1.165) is 17.9 Å². The lowest BCUT2D eigenvalue weighted by Gasteiger charge is -2.20. The van der Waals surface area contributed by atoms with Crippen LogP contribution in [0.15, 0.2) is 60.7 Å². The van der Waals surface area contributed by atoms with E-state index in [1.54, 1.807) is 12.1 Å². The monoisotopic (exact) mass is 392 g/mol. The third-order valence-corrected chi connectivity index (χ3v) is 6.11. The molecular weight excluding hydrogens is 361 g/mol. The van der Waals surface area contributed by atoms with Gasteiger partial charge in [-0.1, -0.05) is 61.7 Å². The van der Waals surface area contributed by atoms with Gasteiger partial charge in [0.05, 0.1) is 11.6 Å². The van der Waals surface area contributed by atoms with Crippen molar-refractivity contribution in [3.63, 3.8) is 0 Å². The lowest BCUT2D eigenvalue weighted by atomic mass is 9.96. The number of ether oxygens (including phenoxy) is 1. The molecule has 3 aromatic rings. The maximum atomic E-state index is 13.2. The highest BCUT2D eigenvalue weighted by Gasteiger charge is 2.17. The summed E-state index contributed by atoms with van der Waals surface area (Å²) in [5, 5.41) is 5.05. The predicted molar refractivity (Wildman–Crippen MR) is 116 cm³/mol. The Kier molecular flexibility index (Phi) is 6.79. The van der Waals surface area contributed by atoms with Gasteiger partial charge in [0.2, 0.25) is 0 Å². The van der Waals surface area contributed by atoms with Crippen molar-refractivity contribution in [1.82, 2.24) is 0 Å². The Morgan fingerprint density at radius 2 is 1.55 bits per heavy atom. The summed E-state index contributed by atoms with van der Waals surface area (Å²) in [6, 6.07) is 20.0. The lowest BCUT2D eigenvalue weighted by molar-refractivity contribution is -0.705. The summed E-state index contributed by atoms with van der Waals surface area (Å²) in [6.45, 7) is 1.39. The molecule has 2 N–H and O–H groups in total. The van der Waals surface area contributed by atoms with Crippen molar-refractivity contribution in [3.8, 4) is 5.75 Å². The van der Waals surface area contributed by atoms with E-state index in [1.807, 2.05) is 0 Å². The van der Waals surface area contributed by atoms with E-state index >= 15 is 0 Å². The smallest absolute Gasteiger partial charge is 0.129 e. The molecule has 152 valence electrons. The Balaban J connectivity index is 1.52. The van der Waals surface area contributed by atoms with Crippen LogP contribution in [0.5, 0.6) is 5.75 Å². The molecule has 1 saturated carbocycles. The van der Waals surface area contributed by atoms with Crippen LogP contribution in [-0.2, 0) is 13.2 Å². The Bertz CT molecular complexity index is 914. The fourth-order valence-electron chi connectivity index (χ4n) is 4.41. The molecule has 1 fully saturated rings. The van der Waals surface area contributed by atoms with E-state index in [2.05, 4.69) is 41.7 Å². The SMILES string of the molecule is Fc1ccc(COc2ccc3ccccc3c2C[NH2+]C2CCCCCCC2)cc1. The third-order valence-electron chi connectivity index (χ3n) is 6.11. The maximum absolute atomic E-state index is 13.2. The van der Waals surface area contributed by atoms with Crippen molar-refractivity contribution in [2.24, 2.45) is 0 Å². The molecule has 0 aromatic heterocycles. The second-order valence-corrected chi connectivity index (χ2v) is 8.22. The Morgan fingerprint density at radius 1 is 0.828 bits per heavy atom. The van der Waals surface area contributed by atoms with Gasteiger partial charge in [0.25, 0.3) is 0 Å². The van der Waals surface area contributed by atoms with E-state index in [4.69, 9.17) is 4.74 Å². The average molecular weight is 393 g/mol. The van der Waals surface area contributed by atoms with Crippen molar-refractivity contribution in [1.29, 1.82) is 0 Å². The topological polar surface area (TPSA) is 25.8 Å². The average Bonchev–Trinajstić information content (AvgIpc) is 2.73. The van der Waals surface area contributed by atoms with Gasteiger partial charge in [-0.3, -0.25) is 0 Å². The highest BCUT2D eigenvalue weighted by molar-refractivity contribution is 5.87. The van der Waals surface area contributed by atoms with Gasteiger partial charge in [-0.2, -0.15) is 0 Å². The highest BCUT2D eigenvalue weighted by atomic mass is 19.1. The minimum absolute atomic E-state index is 0.214. The third kappa shape index (κ3) is 5.36. The molecule has 0 spiro atoms. The summed E-state index contributed by atoms with van der Waals surface area (Å²) in [4.78, 5) is 0. The first kappa shape index (κ1) is 19.9. The van der Waals surface area contributed by atoms with Crippen LogP contribution in [0.1, 0.15) is 56.1 Å². The van der Waals surface area contributed by atoms with Crippen molar-refractivity contribution in [2.75, 3.05) is 0 Å². The number of halogens is 1. The summed E-state index contributed by atoms with van der Waals surface area (Å²) in [6.07, 6.45) is 9.50. The molecule has 0 saturated heterocycles. The van der Waals surface area contributed by atoms with Crippen molar-refractivity contribution < 1.29 is 14.4 Å². The van der Waals surface area contributed by atoms with Crippen LogP contribution in [-0.4, -0.2) is 6.04 Å². The second-order valence-electron chi connectivity index (χ2n) is 8.22. The van der Waals surface area contributed by atoms with Crippen molar-refractivity contribution in [2.45, 2.75) is 64.1 Å². The zero-order valence-electron chi connectivity index (χ0n) is 17.1. The lowest BCUT2D eigenvalue weighted by Crippen LogP contribution is -2.88. The molecule has 0 heterocycles. The molecule has 29 heavy (non-hydrogen) atoms. The van der Waals surface area contributed by atoms with Crippen LogP contribution in [0.25, 0.3) is 10.8 Å². The number of nitrogens with two attached hydrogens (primary N) is 1. The normalized spacial score (nSPS) is 15.8. The quantitative estimate of drug-likeness (QED) is 0.569. The highest BCUT2D eigenvalue weighted by Crippen LogP contribution is 2.28. The minimum Gasteiger partial charge on any atom is -0.488 e. The summed E-state index contributed by atoms with van der Waals surface area (Å²) in [5.41, 5.74) is 2.25. The predicted octanol–water partition coefficient (Wildman–Crippen LogP) is 5.73. The molecule has 3 aromatic carbocycles. The molecule has 1 aliphatic rings. The van der Waals surface area contributed by atoms with Gasteiger partial charge >= 0.3 is 0 Å². The van der Waals surface area contributed by atoms with Crippen LogP contribution in [0, 0.1) is 5.82 Å². The fraction of sp³-hybridized carbons (Fsp3) is 0.385. The van der Waals surface area contributed by atoms with Crippen LogP contribution >= 0.6 is 0 Å². The molecule has 0 bridgehead atoms. The van der Waals surface area contributed by atoms with E-state index in [0.29, 0.717) is 12.6 Å². The van der Waals surface area contributed by atoms with E-state index in [1.165, 1.54) is 73.4 Å². The van der Waals surface area contributed by atoms with E-state index in [-0.39, 0.29) is 5.82 Å². The number of hydrogen-bond acceptors (Lipinski definition) is 1. The summed E-state index contributed by atoms with van der Waals surface area (Å²) < 4.78 is 19.4. The van der Waals surface area contributed by atoms with Crippen LogP contribution in [0.4, 0.5) is 4.39 Å². The molecule has 0 unspecified atom stereocenters. The van der Waals surface area contributed by atoms with E-state index in [9.17, 15) is 4.39 Å². The number of benzene rings is 3. The van der Waals surface area contributed by atoms with Gasteiger partial charge in [-0.25, -0.2) is 4.39 Å². The maximum Gasteiger partial charge on any atom is 0.129 e. The zero-order valence-corrected chi connectivity index (χ0v) is 17.1. The molecule has 0 radical (unpaired) electrons. The second kappa shape index (κ2) is 9.89. The molecule has 4 rings (SSSR count). The molecular formula is C26H31FNO+. The van der Waals surface area contributed by atoms with Gasteiger partial charge in [0, 0.05) is 0 Å². The number of rotatable bonds is 6. The molecule has 1 aliphatic carbocycles. The first-order valence-corrected chi connectivity index (χ1v) is 11.0. The zero-order chi connectivity index (χ0) is 19.9. The number of quaternary nitrogens is 1.